The highest BCUT2D eigenvalue weighted by Gasteiger charge is 2.51. The van der Waals surface area contributed by atoms with Gasteiger partial charge in [-0.15, -0.1) is 0 Å². The minimum absolute atomic E-state index is 0.207. The van der Waals surface area contributed by atoms with E-state index in [2.05, 4.69) is 0 Å². The van der Waals surface area contributed by atoms with Crippen LogP contribution in [0.3, 0.4) is 0 Å². The van der Waals surface area contributed by atoms with Gasteiger partial charge in [-0.1, -0.05) is 6.07 Å². The van der Waals surface area contributed by atoms with Gasteiger partial charge in [0.15, 0.2) is 5.92 Å². The standard InChI is InChI=1S/C22H26N4O6/c1-11-12(2)26(30)18(23(11)5)16(17-19(27)31-22(3,4)32-20(17)28)13-8-9-14-15(10-13)25(7)21(29)24(14)6/h8-10,16-17H,1-7H3. The largest absolute Gasteiger partial charge is 0.711 e. The van der Waals surface area contributed by atoms with E-state index in [1.165, 1.54) is 23.0 Å². The minimum atomic E-state index is -1.39. The summed E-state index contributed by atoms with van der Waals surface area (Å²) < 4.78 is 16.1. The van der Waals surface area contributed by atoms with Crippen molar-refractivity contribution in [3.8, 4) is 0 Å². The zero-order chi connectivity index (χ0) is 23.7. The highest BCUT2D eigenvalue weighted by Crippen LogP contribution is 2.38. The zero-order valence-electron chi connectivity index (χ0n) is 19.1. The third kappa shape index (κ3) is 3.01. The van der Waals surface area contributed by atoms with Gasteiger partial charge in [0.05, 0.1) is 18.1 Å². The summed E-state index contributed by atoms with van der Waals surface area (Å²) >= 11 is 0. The summed E-state index contributed by atoms with van der Waals surface area (Å²) in [5.74, 6) is -5.09. The second-order valence-electron chi connectivity index (χ2n) is 8.73. The number of cyclic esters (lactones) is 2. The second kappa shape index (κ2) is 6.98. The number of aromatic nitrogens is 4. The van der Waals surface area contributed by atoms with Gasteiger partial charge in [0.2, 0.25) is 0 Å². The highest BCUT2D eigenvalue weighted by atomic mass is 16.7. The van der Waals surface area contributed by atoms with E-state index in [9.17, 15) is 19.6 Å². The molecule has 1 atom stereocenters. The number of hydrogen-bond donors (Lipinski definition) is 0. The van der Waals surface area contributed by atoms with E-state index in [0.717, 1.165) is 4.73 Å². The van der Waals surface area contributed by atoms with Gasteiger partial charge in [0, 0.05) is 41.8 Å². The van der Waals surface area contributed by atoms with Crippen molar-refractivity contribution in [1.29, 1.82) is 0 Å². The Labute approximate surface area is 184 Å². The van der Waals surface area contributed by atoms with Crippen LogP contribution in [0.1, 0.15) is 42.5 Å². The average Bonchev–Trinajstić information content (AvgIpc) is 3.04. The molecule has 0 N–H and O–H groups in total. The predicted octanol–water partition coefficient (Wildman–Crippen LogP) is 1.05. The van der Waals surface area contributed by atoms with Crippen molar-refractivity contribution >= 4 is 23.0 Å². The minimum Gasteiger partial charge on any atom is -0.711 e. The van der Waals surface area contributed by atoms with Crippen molar-refractivity contribution in [1.82, 2.24) is 13.7 Å². The number of aryl methyl sites for hydroxylation is 2. The van der Waals surface area contributed by atoms with Gasteiger partial charge in [-0.05, 0) is 17.7 Å². The first-order valence-corrected chi connectivity index (χ1v) is 10.2. The van der Waals surface area contributed by atoms with Crippen LogP contribution in [0.2, 0.25) is 0 Å². The molecule has 10 heteroatoms. The molecule has 1 unspecified atom stereocenters. The van der Waals surface area contributed by atoms with E-state index in [4.69, 9.17) is 9.47 Å². The molecule has 170 valence electrons. The number of imidazole rings is 2. The molecule has 3 aromatic rings. The van der Waals surface area contributed by atoms with Gasteiger partial charge in [-0.25, -0.2) is 14.1 Å². The summed E-state index contributed by atoms with van der Waals surface area (Å²) in [4.78, 5) is 38.4. The van der Waals surface area contributed by atoms with Gasteiger partial charge >= 0.3 is 17.6 Å². The number of ether oxygens (including phenoxy) is 2. The summed E-state index contributed by atoms with van der Waals surface area (Å²) in [6.07, 6.45) is 0. The molecule has 3 heterocycles. The van der Waals surface area contributed by atoms with E-state index < -0.39 is 29.6 Å². The van der Waals surface area contributed by atoms with Crippen molar-refractivity contribution < 1.29 is 23.8 Å². The Morgan fingerprint density at radius 1 is 0.969 bits per heavy atom. The Bertz CT molecular complexity index is 1300. The average molecular weight is 442 g/mol. The van der Waals surface area contributed by atoms with E-state index in [0.29, 0.717) is 28.0 Å². The maximum Gasteiger partial charge on any atom is 0.328 e. The zero-order valence-corrected chi connectivity index (χ0v) is 19.1. The molecule has 0 amide bonds. The second-order valence-corrected chi connectivity index (χ2v) is 8.73. The molecule has 4 rings (SSSR count). The van der Waals surface area contributed by atoms with E-state index >= 15 is 0 Å². The molecular weight excluding hydrogens is 416 g/mol. The third-order valence-electron chi connectivity index (χ3n) is 6.35. The molecule has 0 bridgehead atoms. The van der Waals surface area contributed by atoms with Crippen molar-refractivity contribution in [3.05, 3.63) is 56.7 Å². The first-order chi connectivity index (χ1) is 14.9. The number of nitrogens with zero attached hydrogens (tertiary/aromatic N) is 4. The molecule has 1 aromatic carbocycles. The summed E-state index contributed by atoms with van der Waals surface area (Å²) in [6.45, 7) is 6.41. The number of benzene rings is 1. The Morgan fingerprint density at radius 2 is 1.53 bits per heavy atom. The third-order valence-corrected chi connectivity index (χ3v) is 6.35. The van der Waals surface area contributed by atoms with Crippen LogP contribution < -0.4 is 10.4 Å². The fourth-order valence-electron chi connectivity index (χ4n) is 4.41. The van der Waals surface area contributed by atoms with Crippen LogP contribution in [-0.2, 0) is 40.2 Å². The lowest BCUT2D eigenvalue weighted by molar-refractivity contribution is -0.621. The summed E-state index contributed by atoms with van der Waals surface area (Å²) in [5.41, 5.74) is 2.76. The summed E-state index contributed by atoms with van der Waals surface area (Å²) in [6, 6.07) is 5.17. The van der Waals surface area contributed by atoms with Crippen LogP contribution >= 0.6 is 0 Å². The quantitative estimate of drug-likeness (QED) is 0.259. The van der Waals surface area contributed by atoms with E-state index in [1.807, 2.05) is 0 Å². The van der Waals surface area contributed by atoms with Crippen LogP contribution in [0.4, 0.5) is 0 Å². The number of carbonyl (C=O) groups excluding carboxylic acids is 2. The summed E-state index contributed by atoms with van der Waals surface area (Å²) in [5, 5.41) is 13.1. The molecule has 10 nitrogen and oxygen atoms in total. The van der Waals surface area contributed by atoms with Gasteiger partial charge in [0.1, 0.15) is 17.3 Å². The molecule has 1 aliphatic heterocycles. The fraction of sp³-hybridized carbons (Fsp3) is 0.455. The molecule has 1 fully saturated rings. The topological polar surface area (TPSA) is 111 Å². The van der Waals surface area contributed by atoms with Crippen LogP contribution in [0.5, 0.6) is 0 Å². The molecule has 0 aliphatic carbocycles. The Kier molecular flexibility index (Phi) is 4.72. The number of esters is 2. The summed E-state index contributed by atoms with van der Waals surface area (Å²) in [7, 11) is 5.01. The molecule has 2 aromatic heterocycles. The molecule has 1 saturated heterocycles. The Hall–Kier alpha value is -3.56. The van der Waals surface area contributed by atoms with E-state index in [-0.39, 0.29) is 11.5 Å². The van der Waals surface area contributed by atoms with Crippen molar-refractivity contribution in [2.24, 2.45) is 27.1 Å². The van der Waals surface area contributed by atoms with E-state index in [1.54, 1.807) is 57.8 Å². The monoisotopic (exact) mass is 442 g/mol. The van der Waals surface area contributed by atoms with Crippen LogP contribution in [0, 0.1) is 25.0 Å². The predicted molar refractivity (Wildman–Crippen MR) is 114 cm³/mol. The molecule has 0 spiro atoms. The number of fused-ring (bicyclic) bond motifs is 1. The smallest absolute Gasteiger partial charge is 0.328 e. The molecule has 1 aliphatic rings. The lowest BCUT2D eigenvalue weighted by Gasteiger charge is -2.35. The van der Waals surface area contributed by atoms with Gasteiger partial charge in [0.25, 0.3) is 11.6 Å². The van der Waals surface area contributed by atoms with Crippen LogP contribution in [-0.4, -0.2) is 31.4 Å². The van der Waals surface area contributed by atoms with Crippen molar-refractivity contribution in [2.75, 3.05) is 0 Å². The van der Waals surface area contributed by atoms with Gasteiger partial charge in [-0.3, -0.25) is 18.7 Å². The molecule has 0 radical (unpaired) electrons. The first-order valence-electron chi connectivity index (χ1n) is 10.2. The van der Waals surface area contributed by atoms with Crippen molar-refractivity contribution in [3.63, 3.8) is 0 Å². The SMILES string of the molecule is Cc1c(C)[n+]([O-])c(C(c2ccc3c(c2)n(C)c(=O)n3C)C2C(=O)OC(C)(C)OC2=O)n1C. The highest BCUT2D eigenvalue weighted by molar-refractivity contribution is 5.98. The van der Waals surface area contributed by atoms with Gasteiger partial charge in [-0.2, -0.15) is 0 Å². The molecule has 32 heavy (non-hydrogen) atoms. The molecule has 0 saturated carbocycles. The normalized spacial score (nSPS) is 17.5. The Morgan fingerprint density at radius 3 is 2.06 bits per heavy atom. The lowest BCUT2D eigenvalue weighted by atomic mass is 9.84. The maximum atomic E-state index is 13.1. The Balaban J connectivity index is 2.00. The lowest BCUT2D eigenvalue weighted by Crippen LogP contribution is -2.50. The van der Waals surface area contributed by atoms with Gasteiger partial charge < -0.3 is 14.7 Å². The number of rotatable bonds is 3. The first kappa shape index (κ1) is 21.7. The number of hydrogen-bond acceptors (Lipinski definition) is 6. The van der Waals surface area contributed by atoms with Crippen molar-refractivity contribution in [2.45, 2.75) is 39.4 Å². The molecular formula is C22H26N4O6. The fourth-order valence-corrected chi connectivity index (χ4v) is 4.41. The number of carbonyl (C=O) groups is 2. The van der Waals surface area contributed by atoms with Crippen LogP contribution in [0.15, 0.2) is 23.0 Å². The van der Waals surface area contributed by atoms with Crippen LogP contribution in [0.25, 0.3) is 11.0 Å². The maximum absolute atomic E-state index is 13.1.